The van der Waals surface area contributed by atoms with Crippen LogP contribution in [-0.2, 0) is 35.1 Å². The van der Waals surface area contributed by atoms with Crippen LogP contribution in [0.25, 0.3) is 0 Å². The van der Waals surface area contributed by atoms with Crippen LogP contribution >= 0.6 is 0 Å². The van der Waals surface area contributed by atoms with E-state index in [0.29, 0.717) is 36.1 Å². The van der Waals surface area contributed by atoms with Gasteiger partial charge >= 0.3 is 5.97 Å². The first-order chi connectivity index (χ1) is 27.3. The van der Waals surface area contributed by atoms with E-state index in [1.165, 1.54) is 12.0 Å². The standard InChI is InChI=1S/C46H65N5O7/c1-29(2)38(49(9)44(56)40(46(6,7)8)48-42(54)36-19-14-15-25-50(36)30(3)4)27-31(5)43(55)51-26-16-20-37(51)41(53)47-35(45(57)58-10)28-32-21-23-34(24-22-32)39(52)33-17-12-11-13-18-33/h11-13,17-18,21-24,27,29-30,35-38,40H,14-16,19-20,25-26,28H2,1-10H3,(H,47,53)(H,48,54)/t35-,36?,37-,38+,40+/m0/s1. The molecule has 2 aliphatic heterocycles. The van der Waals surface area contributed by atoms with Crippen molar-refractivity contribution in [3.63, 3.8) is 0 Å². The number of likely N-dealkylation sites (tertiary alicyclic amines) is 2. The van der Waals surface area contributed by atoms with Gasteiger partial charge in [0.2, 0.25) is 23.6 Å². The molecule has 2 fully saturated rings. The molecule has 58 heavy (non-hydrogen) atoms. The molecule has 0 aromatic heterocycles. The summed E-state index contributed by atoms with van der Waals surface area (Å²) in [6, 6.07) is 12.6. The van der Waals surface area contributed by atoms with Crippen molar-refractivity contribution in [3.8, 4) is 0 Å². The van der Waals surface area contributed by atoms with Gasteiger partial charge in [-0.25, -0.2) is 4.79 Å². The third-order valence-corrected chi connectivity index (χ3v) is 11.5. The number of likely N-dealkylation sites (N-methyl/N-ethyl adjacent to an activating group) is 1. The predicted molar refractivity (Wildman–Crippen MR) is 225 cm³/mol. The Hall–Kier alpha value is -4.84. The minimum atomic E-state index is -1.02. The molecular formula is C46H65N5O7. The number of benzene rings is 2. The predicted octanol–water partition coefficient (Wildman–Crippen LogP) is 5.33. The first-order valence-corrected chi connectivity index (χ1v) is 20.7. The number of carbonyl (C=O) groups excluding carboxylic acids is 6. The van der Waals surface area contributed by atoms with Crippen molar-refractivity contribution in [1.29, 1.82) is 0 Å². The number of hydrogen-bond donors (Lipinski definition) is 2. The van der Waals surface area contributed by atoms with E-state index in [1.54, 1.807) is 73.5 Å². The van der Waals surface area contributed by atoms with Crippen LogP contribution in [0.15, 0.2) is 66.2 Å². The van der Waals surface area contributed by atoms with Crippen molar-refractivity contribution in [1.82, 2.24) is 25.3 Å². The molecule has 0 radical (unpaired) electrons. The van der Waals surface area contributed by atoms with Crippen molar-refractivity contribution in [2.45, 2.75) is 130 Å². The SMILES string of the molecule is COC(=O)[C@H](Cc1ccc(C(=O)c2ccccc2)cc1)NC(=O)[C@@H]1CCCN1C(=O)C(C)=C[C@H](C(C)C)N(C)C(=O)[C@@H](NC(=O)C1CCCCN1C(C)C)C(C)(C)C. The maximum absolute atomic E-state index is 14.3. The second-order valence-corrected chi connectivity index (χ2v) is 17.5. The highest BCUT2D eigenvalue weighted by molar-refractivity contribution is 6.09. The topological polar surface area (TPSA) is 145 Å². The van der Waals surface area contributed by atoms with Crippen LogP contribution in [0.3, 0.4) is 0 Å². The lowest BCUT2D eigenvalue weighted by Crippen LogP contribution is -2.60. The Morgan fingerprint density at radius 3 is 2.02 bits per heavy atom. The van der Waals surface area contributed by atoms with Gasteiger partial charge in [0.05, 0.1) is 19.2 Å². The average molecular weight is 800 g/mol. The van der Waals surface area contributed by atoms with E-state index in [0.717, 1.165) is 31.4 Å². The molecule has 2 aromatic rings. The van der Waals surface area contributed by atoms with Gasteiger partial charge in [-0.15, -0.1) is 0 Å². The molecule has 2 N–H and O–H groups in total. The fourth-order valence-electron chi connectivity index (χ4n) is 8.07. The van der Waals surface area contributed by atoms with Gasteiger partial charge in [0.15, 0.2) is 5.78 Å². The summed E-state index contributed by atoms with van der Waals surface area (Å²) in [6.07, 6.45) is 5.68. The fourth-order valence-corrected chi connectivity index (χ4v) is 8.07. The summed E-state index contributed by atoms with van der Waals surface area (Å²) in [5, 5.41) is 5.95. The van der Waals surface area contributed by atoms with Crippen molar-refractivity contribution in [2.24, 2.45) is 11.3 Å². The molecular weight excluding hydrogens is 735 g/mol. The quantitative estimate of drug-likeness (QED) is 0.140. The maximum Gasteiger partial charge on any atom is 0.328 e. The van der Waals surface area contributed by atoms with Gasteiger partial charge < -0.3 is 25.2 Å². The highest BCUT2D eigenvalue weighted by atomic mass is 16.5. The average Bonchev–Trinajstić information content (AvgIpc) is 3.70. The van der Waals surface area contributed by atoms with Gasteiger partial charge in [-0.2, -0.15) is 0 Å². The first-order valence-electron chi connectivity index (χ1n) is 20.7. The van der Waals surface area contributed by atoms with Crippen LogP contribution in [-0.4, -0.2) is 114 Å². The minimum Gasteiger partial charge on any atom is -0.467 e. The number of esters is 1. The van der Waals surface area contributed by atoms with Crippen molar-refractivity contribution >= 4 is 35.4 Å². The Morgan fingerprint density at radius 1 is 0.828 bits per heavy atom. The van der Waals surface area contributed by atoms with Crippen LogP contribution in [0.1, 0.15) is 109 Å². The Bertz CT molecular complexity index is 1800. The van der Waals surface area contributed by atoms with Gasteiger partial charge in [-0.1, -0.05) is 102 Å². The number of carbonyl (C=O) groups is 6. The van der Waals surface area contributed by atoms with E-state index in [4.69, 9.17) is 4.74 Å². The Balaban J connectivity index is 1.46. The Morgan fingerprint density at radius 2 is 1.43 bits per heavy atom. The summed E-state index contributed by atoms with van der Waals surface area (Å²) in [4.78, 5) is 87.1. The first kappa shape index (κ1) is 45.9. The van der Waals surface area contributed by atoms with Crippen LogP contribution in [0, 0.1) is 11.3 Å². The molecule has 12 nitrogen and oxygen atoms in total. The lowest BCUT2D eigenvalue weighted by atomic mass is 9.84. The molecule has 12 heteroatoms. The molecule has 5 atom stereocenters. The molecule has 0 saturated carbocycles. The molecule has 2 saturated heterocycles. The molecule has 0 bridgehead atoms. The zero-order valence-electron chi connectivity index (χ0n) is 36.2. The molecule has 1 unspecified atom stereocenters. The third-order valence-electron chi connectivity index (χ3n) is 11.5. The van der Waals surface area contributed by atoms with E-state index < -0.39 is 41.5 Å². The number of piperidine rings is 1. The van der Waals surface area contributed by atoms with Crippen LogP contribution < -0.4 is 10.6 Å². The maximum atomic E-state index is 14.3. The number of rotatable bonds is 15. The molecule has 4 rings (SSSR count). The Labute approximate surface area is 345 Å². The minimum absolute atomic E-state index is 0.0770. The number of nitrogens with zero attached hydrogens (tertiary/aromatic N) is 3. The van der Waals surface area contributed by atoms with E-state index in [-0.39, 0.29) is 47.9 Å². The number of nitrogens with one attached hydrogen (secondary N) is 2. The van der Waals surface area contributed by atoms with Crippen molar-refractivity contribution in [2.75, 3.05) is 27.2 Å². The normalized spacial score (nSPS) is 19.3. The lowest BCUT2D eigenvalue weighted by molar-refractivity contribution is -0.146. The van der Waals surface area contributed by atoms with Gasteiger partial charge in [0, 0.05) is 42.8 Å². The monoisotopic (exact) mass is 799 g/mol. The molecule has 2 aromatic carbocycles. The van der Waals surface area contributed by atoms with Gasteiger partial charge in [0.1, 0.15) is 18.1 Å². The second-order valence-electron chi connectivity index (χ2n) is 17.5. The summed E-state index contributed by atoms with van der Waals surface area (Å²) in [5.41, 5.74) is 1.59. The molecule has 0 spiro atoms. The van der Waals surface area contributed by atoms with E-state index in [9.17, 15) is 28.8 Å². The molecule has 316 valence electrons. The van der Waals surface area contributed by atoms with Gasteiger partial charge in [0.25, 0.3) is 0 Å². The van der Waals surface area contributed by atoms with Gasteiger partial charge in [-0.3, -0.25) is 28.9 Å². The lowest BCUT2D eigenvalue weighted by Gasteiger charge is -2.41. The van der Waals surface area contributed by atoms with Crippen molar-refractivity contribution < 1.29 is 33.5 Å². The number of hydrogen-bond acceptors (Lipinski definition) is 8. The van der Waals surface area contributed by atoms with E-state index >= 15 is 0 Å². The highest BCUT2D eigenvalue weighted by Gasteiger charge is 2.41. The summed E-state index contributed by atoms with van der Waals surface area (Å²) >= 11 is 0. The number of ether oxygens (including phenoxy) is 1. The van der Waals surface area contributed by atoms with E-state index in [2.05, 4.69) is 29.4 Å². The molecule has 4 amide bonds. The van der Waals surface area contributed by atoms with Gasteiger partial charge in [-0.05, 0) is 69.9 Å². The molecule has 2 heterocycles. The smallest absolute Gasteiger partial charge is 0.328 e. The summed E-state index contributed by atoms with van der Waals surface area (Å²) in [7, 11) is 2.96. The third kappa shape index (κ3) is 11.4. The van der Waals surface area contributed by atoms with E-state index in [1.807, 2.05) is 40.7 Å². The summed E-state index contributed by atoms with van der Waals surface area (Å²) in [5.74, 6) is -2.00. The summed E-state index contributed by atoms with van der Waals surface area (Å²) in [6.45, 7) is 16.8. The largest absolute Gasteiger partial charge is 0.467 e. The number of methoxy groups -OCH3 is 1. The van der Waals surface area contributed by atoms with Crippen LogP contribution in [0.5, 0.6) is 0 Å². The van der Waals surface area contributed by atoms with Crippen LogP contribution in [0.2, 0.25) is 0 Å². The zero-order chi connectivity index (χ0) is 42.9. The fraction of sp³-hybridized carbons (Fsp3) is 0.565. The Kier molecular flexibility index (Phi) is 16.0. The zero-order valence-corrected chi connectivity index (χ0v) is 36.2. The summed E-state index contributed by atoms with van der Waals surface area (Å²) < 4.78 is 5.04. The molecule has 0 aliphatic carbocycles. The van der Waals surface area contributed by atoms with Crippen molar-refractivity contribution in [3.05, 3.63) is 82.9 Å². The molecule has 2 aliphatic rings. The number of ketones is 1. The number of amides is 4. The highest BCUT2D eigenvalue weighted by Crippen LogP contribution is 2.27. The second kappa shape index (κ2) is 20.2. The van der Waals surface area contributed by atoms with Crippen LogP contribution in [0.4, 0.5) is 0 Å².